The minimum absolute atomic E-state index is 0.0438. The molecule has 0 saturated carbocycles. The number of amides is 3. The summed E-state index contributed by atoms with van der Waals surface area (Å²) in [5, 5.41) is 5.14. The summed E-state index contributed by atoms with van der Waals surface area (Å²) in [4.78, 5) is 37.9. The van der Waals surface area contributed by atoms with Crippen molar-refractivity contribution in [2.24, 2.45) is 0 Å². The Kier molecular flexibility index (Phi) is 5.93. The van der Waals surface area contributed by atoms with Gasteiger partial charge < -0.3 is 20.3 Å². The van der Waals surface area contributed by atoms with Crippen LogP contribution in [0.5, 0.6) is 5.75 Å². The topological polar surface area (TPSA) is 87.7 Å². The smallest absolute Gasteiger partial charge is 0.314 e. The molecule has 7 heteroatoms. The van der Waals surface area contributed by atoms with Crippen molar-refractivity contribution in [2.45, 2.75) is 26.7 Å². The van der Waals surface area contributed by atoms with Gasteiger partial charge in [-0.2, -0.15) is 0 Å². The molecule has 1 heterocycles. The molecule has 3 rings (SSSR count). The summed E-state index contributed by atoms with van der Waals surface area (Å²) >= 11 is 0. The van der Waals surface area contributed by atoms with E-state index in [9.17, 15) is 14.4 Å². The fourth-order valence-electron chi connectivity index (χ4n) is 3.16. The molecule has 0 aliphatic carbocycles. The first-order valence-electron chi connectivity index (χ1n) is 9.24. The Morgan fingerprint density at radius 3 is 2.29 bits per heavy atom. The highest BCUT2D eigenvalue weighted by Gasteiger charge is 2.21. The number of hydrogen-bond donors (Lipinski definition) is 2. The molecule has 3 amide bonds. The number of hydrogen-bond acceptors (Lipinski definition) is 4. The van der Waals surface area contributed by atoms with Gasteiger partial charge in [0.1, 0.15) is 5.75 Å². The van der Waals surface area contributed by atoms with E-state index < -0.39 is 11.8 Å². The Labute approximate surface area is 163 Å². The van der Waals surface area contributed by atoms with E-state index in [1.54, 1.807) is 41.3 Å². The molecule has 1 aliphatic rings. The molecule has 0 fully saturated rings. The van der Waals surface area contributed by atoms with Gasteiger partial charge in [0.15, 0.2) is 0 Å². The van der Waals surface area contributed by atoms with Crippen molar-refractivity contribution in [3.8, 4) is 5.75 Å². The van der Waals surface area contributed by atoms with Crippen LogP contribution in [0.3, 0.4) is 0 Å². The monoisotopic (exact) mass is 381 g/mol. The Balaban J connectivity index is 1.66. The fourth-order valence-corrected chi connectivity index (χ4v) is 3.16. The van der Waals surface area contributed by atoms with Gasteiger partial charge in [-0.1, -0.05) is 6.07 Å². The number of aryl methyl sites for hydroxylation is 1. The highest BCUT2D eigenvalue weighted by atomic mass is 16.5. The number of ether oxygens (including phenoxy) is 1. The summed E-state index contributed by atoms with van der Waals surface area (Å²) in [6, 6.07) is 12.1. The third kappa shape index (κ3) is 4.49. The van der Waals surface area contributed by atoms with Crippen LogP contribution < -0.4 is 20.3 Å². The van der Waals surface area contributed by atoms with Gasteiger partial charge in [-0.3, -0.25) is 14.4 Å². The van der Waals surface area contributed by atoms with Crippen molar-refractivity contribution < 1.29 is 19.1 Å². The van der Waals surface area contributed by atoms with Crippen molar-refractivity contribution in [2.75, 3.05) is 28.7 Å². The van der Waals surface area contributed by atoms with Gasteiger partial charge >= 0.3 is 11.8 Å². The molecule has 2 aromatic carbocycles. The van der Waals surface area contributed by atoms with E-state index in [1.165, 1.54) is 6.92 Å². The van der Waals surface area contributed by atoms with Crippen LogP contribution in [0.25, 0.3) is 0 Å². The van der Waals surface area contributed by atoms with Gasteiger partial charge in [0.05, 0.1) is 6.61 Å². The number of benzene rings is 2. The minimum Gasteiger partial charge on any atom is -0.494 e. The summed E-state index contributed by atoms with van der Waals surface area (Å²) < 4.78 is 5.34. The number of nitrogens with one attached hydrogen (secondary N) is 2. The van der Waals surface area contributed by atoms with Crippen LogP contribution in [0.15, 0.2) is 42.5 Å². The zero-order valence-electron chi connectivity index (χ0n) is 16.0. The second-order valence-corrected chi connectivity index (χ2v) is 6.48. The molecule has 0 unspecified atom stereocenters. The van der Waals surface area contributed by atoms with E-state index in [2.05, 4.69) is 10.6 Å². The van der Waals surface area contributed by atoms with Gasteiger partial charge in [0.25, 0.3) is 0 Å². The molecule has 0 saturated heterocycles. The van der Waals surface area contributed by atoms with Crippen LogP contribution in [0.1, 0.15) is 25.8 Å². The number of carbonyl (C=O) groups excluding carboxylic acids is 3. The van der Waals surface area contributed by atoms with Crippen LogP contribution in [0, 0.1) is 0 Å². The molecule has 2 aromatic rings. The maximum Gasteiger partial charge on any atom is 0.314 e. The molecule has 0 atom stereocenters. The van der Waals surface area contributed by atoms with Crippen LogP contribution in [-0.2, 0) is 20.8 Å². The van der Waals surface area contributed by atoms with E-state index in [-0.39, 0.29) is 5.91 Å². The molecule has 146 valence electrons. The highest BCUT2D eigenvalue weighted by Crippen LogP contribution is 2.30. The third-order valence-corrected chi connectivity index (χ3v) is 4.47. The Morgan fingerprint density at radius 2 is 1.64 bits per heavy atom. The zero-order valence-corrected chi connectivity index (χ0v) is 16.0. The average Bonchev–Trinajstić information content (AvgIpc) is 2.69. The molecule has 28 heavy (non-hydrogen) atoms. The number of carbonyl (C=O) groups is 3. The summed E-state index contributed by atoms with van der Waals surface area (Å²) in [5.41, 5.74) is 2.80. The van der Waals surface area contributed by atoms with E-state index in [1.807, 2.05) is 13.0 Å². The lowest BCUT2D eigenvalue weighted by Gasteiger charge is -2.29. The molecule has 1 aliphatic heterocycles. The van der Waals surface area contributed by atoms with Gasteiger partial charge in [0, 0.05) is 30.5 Å². The molecular weight excluding hydrogens is 358 g/mol. The van der Waals surface area contributed by atoms with Crippen LogP contribution in [0.4, 0.5) is 17.1 Å². The van der Waals surface area contributed by atoms with Gasteiger partial charge in [0.2, 0.25) is 5.91 Å². The summed E-state index contributed by atoms with van der Waals surface area (Å²) in [6.07, 6.45) is 1.79. The Morgan fingerprint density at radius 1 is 1.00 bits per heavy atom. The van der Waals surface area contributed by atoms with Crippen molar-refractivity contribution in [3.63, 3.8) is 0 Å². The molecular formula is C21H23N3O4. The lowest BCUT2D eigenvalue weighted by molar-refractivity contribution is -0.132. The lowest BCUT2D eigenvalue weighted by atomic mass is 10.0. The zero-order chi connectivity index (χ0) is 20.1. The van der Waals surface area contributed by atoms with E-state index in [0.717, 1.165) is 24.1 Å². The van der Waals surface area contributed by atoms with Crippen LogP contribution in [0.2, 0.25) is 0 Å². The molecule has 0 radical (unpaired) electrons. The Bertz CT molecular complexity index is 893. The van der Waals surface area contributed by atoms with Crippen LogP contribution >= 0.6 is 0 Å². The summed E-state index contributed by atoms with van der Waals surface area (Å²) in [5.74, 6) is -0.906. The van der Waals surface area contributed by atoms with E-state index in [0.29, 0.717) is 30.3 Å². The second-order valence-electron chi connectivity index (χ2n) is 6.48. The highest BCUT2D eigenvalue weighted by molar-refractivity contribution is 6.43. The predicted molar refractivity (Wildman–Crippen MR) is 108 cm³/mol. The molecule has 0 bridgehead atoms. The maximum atomic E-state index is 12.2. The van der Waals surface area contributed by atoms with Gasteiger partial charge in [-0.15, -0.1) is 0 Å². The van der Waals surface area contributed by atoms with Crippen molar-refractivity contribution in [1.82, 2.24) is 0 Å². The number of rotatable bonds is 4. The number of anilines is 3. The van der Waals surface area contributed by atoms with Crippen molar-refractivity contribution in [3.05, 3.63) is 48.0 Å². The van der Waals surface area contributed by atoms with Crippen molar-refractivity contribution in [1.29, 1.82) is 0 Å². The molecule has 7 nitrogen and oxygen atoms in total. The third-order valence-electron chi connectivity index (χ3n) is 4.47. The maximum absolute atomic E-state index is 12.2. The standard InChI is InChI=1S/C21H23N3O4/c1-3-28-18-10-8-16(9-11-18)22-20(26)21(27)23-17-7-6-15-5-4-12-24(14(2)25)19(15)13-17/h6-11,13H,3-5,12H2,1-2H3,(H,22,26)(H,23,27). The molecule has 0 aromatic heterocycles. The summed E-state index contributed by atoms with van der Waals surface area (Å²) in [6.45, 7) is 4.61. The quantitative estimate of drug-likeness (QED) is 0.797. The minimum atomic E-state index is -0.779. The normalized spacial score (nSPS) is 12.7. The van der Waals surface area contributed by atoms with E-state index >= 15 is 0 Å². The SMILES string of the molecule is CCOc1ccc(NC(=O)C(=O)Nc2ccc3c(c2)N(C(C)=O)CCC3)cc1. The predicted octanol–water partition coefficient (Wildman–Crippen LogP) is 2.96. The van der Waals surface area contributed by atoms with Gasteiger partial charge in [-0.05, 0) is 61.7 Å². The van der Waals surface area contributed by atoms with E-state index in [4.69, 9.17) is 4.74 Å². The van der Waals surface area contributed by atoms with Gasteiger partial charge in [-0.25, -0.2) is 0 Å². The first-order valence-corrected chi connectivity index (χ1v) is 9.24. The van der Waals surface area contributed by atoms with Crippen molar-refractivity contribution >= 4 is 34.8 Å². The average molecular weight is 381 g/mol. The first kappa shape index (κ1) is 19.4. The number of fused-ring (bicyclic) bond motifs is 1. The largest absolute Gasteiger partial charge is 0.494 e. The van der Waals surface area contributed by atoms with Crippen LogP contribution in [-0.4, -0.2) is 30.9 Å². The summed E-state index contributed by atoms with van der Waals surface area (Å²) in [7, 11) is 0. The second kappa shape index (κ2) is 8.56. The fraction of sp³-hybridized carbons (Fsp3) is 0.286. The molecule has 0 spiro atoms. The first-order chi connectivity index (χ1) is 13.5. The number of nitrogens with zero attached hydrogens (tertiary/aromatic N) is 1. The molecule has 2 N–H and O–H groups in total. The Hall–Kier alpha value is -3.35. The lowest BCUT2D eigenvalue weighted by Crippen LogP contribution is -2.34.